The minimum Gasteiger partial charge on any atom is -0.309 e. The van der Waals surface area contributed by atoms with Crippen molar-refractivity contribution in [3.63, 3.8) is 0 Å². The van der Waals surface area contributed by atoms with Crippen LogP contribution in [0.1, 0.15) is 6.42 Å². The van der Waals surface area contributed by atoms with Crippen LogP contribution in [-0.2, 0) is 4.79 Å². The fourth-order valence-electron chi connectivity index (χ4n) is 1.73. The normalized spacial score (nSPS) is 19.8. The number of non-ortho nitro benzene ring substituents is 1. The van der Waals surface area contributed by atoms with Crippen molar-refractivity contribution in [2.45, 2.75) is 11.8 Å². The van der Waals surface area contributed by atoms with Gasteiger partial charge in [-0.3, -0.25) is 14.9 Å². The molecule has 1 aliphatic rings. The van der Waals surface area contributed by atoms with Gasteiger partial charge in [0.1, 0.15) is 0 Å². The predicted molar refractivity (Wildman–Crippen MR) is 64.7 cm³/mol. The molecule has 1 unspecified atom stereocenters. The predicted octanol–water partition coefficient (Wildman–Crippen LogP) is 2.59. The Hall–Kier alpha value is -1.33. The average molecular weight is 275 g/mol. The average Bonchev–Trinajstić information content (AvgIpc) is 2.57. The number of alkyl halides is 1. The molecule has 1 heterocycles. The zero-order valence-electron chi connectivity index (χ0n) is 8.60. The molecule has 1 aromatic carbocycles. The summed E-state index contributed by atoms with van der Waals surface area (Å²) in [6.45, 7) is 0.373. The van der Waals surface area contributed by atoms with E-state index in [1.807, 2.05) is 0 Å². The summed E-state index contributed by atoms with van der Waals surface area (Å²) in [5.74, 6) is -0.124. The number of rotatable bonds is 2. The van der Waals surface area contributed by atoms with E-state index in [1.54, 1.807) is 0 Å². The third kappa shape index (κ3) is 2.35. The summed E-state index contributed by atoms with van der Waals surface area (Å²) in [6.07, 6.45) is 0.259. The van der Waals surface area contributed by atoms with Gasteiger partial charge in [-0.1, -0.05) is 11.6 Å². The number of hydrogen-bond donors (Lipinski definition) is 0. The van der Waals surface area contributed by atoms with Gasteiger partial charge in [-0.05, 0) is 6.07 Å². The highest BCUT2D eigenvalue weighted by molar-refractivity contribution is 6.34. The summed E-state index contributed by atoms with van der Waals surface area (Å²) in [5, 5.41) is 10.5. The van der Waals surface area contributed by atoms with E-state index in [1.165, 1.54) is 23.1 Å². The van der Waals surface area contributed by atoms with Crippen molar-refractivity contribution in [3.05, 3.63) is 33.3 Å². The second-order valence-electron chi connectivity index (χ2n) is 3.70. The van der Waals surface area contributed by atoms with Crippen LogP contribution in [-0.4, -0.2) is 22.8 Å². The lowest BCUT2D eigenvalue weighted by Crippen LogP contribution is -2.24. The molecule has 1 fully saturated rings. The smallest absolute Gasteiger partial charge is 0.271 e. The third-order valence-corrected chi connectivity index (χ3v) is 3.11. The van der Waals surface area contributed by atoms with Gasteiger partial charge in [0.2, 0.25) is 5.91 Å². The molecule has 1 amide bonds. The first-order valence-corrected chi connectivity index (χ1v) is 5.69. The summed E-state index contributed by atoms with van der Waals surface area (Å²) in [7, 11) is 0. The topological polar surface area (TPSA) is 63.5 Å². The van der Waals surface area contributed by atoms with Crippen molar-refractivity contribution >= 4 is 40.5 Å². The number of halogens is 2. The molecule has 2 rings (SSSR count). The standard InChI is InChI=1S/C10H8Cl2N2O3/c11-6-3-10(15)13(5-6)9-2-1-7(14(16)17)4-8(9)12/h1-2,4,6H,3,5H2. The molecule has 90 valence electrons. The number of amides is 1. The number of benzene rings is 1. The lowest BCUT2D eigenvalue weighted by molar-refractivity contribution is -0.384. The molecule has 7 heteroatoms. The van der Waals surface area contributed by atoms with Gasteiger partial charge in [0.05, 0.1) is 21.0 Å². The number of nitro benzene ring substituents is 1. The zero-order chi connectivity index (χ0) is 12.6. The molecule has 0 spiro atoms. The van der Waals surface area contributed by atoms with Crippen molar-refractivity contribution in [1.82, 2.24) is 0 Å². The van der Waals surface area contributed by atoms with Crippen molar-refractivity contribution in [2.24, 2.45) is 0 Å². The molecule has 5 nitrogen and oxygen atoms in total. The maximum atomic E-state index is 11.6. The fourth-order valence-corrected chi connectivity index (χ4v) is 2.27. The molecule has 1 aromatic rings. The van der Waals surface area contributed by atoms with E-state index in [2.05, 4.69) is 0 Å². The van der Waals surface area contributed by atoms with E-state index in [9.17, 15) is 14.9 Å². The van der Waals surface area contributed by atoms with Crippen molar-refractivity contribution < 1.29 is 9.72 Å². The zero-order valence-corrected chi connectivity index (χ0v) is 10.1. The fraction of sp³-hybridized carbons (Fsp3) is 0.300. The summed E-state index contributed by atoms with van der Waals surface area (Å²) in [6, 6.07) is 4.01. The Morgan fingerprint density at radius 2 is 2.18 bits per heavy atom. The van der Waals surface area contributed by atoms with Crippen LogP contribution in [0.5, 0.6) is 0 Å². The molecular formula is C10H8Cl2N2O3. The van der Waals surface area contributed by atoms with E-state index < -0.39 is 4.92 Å². The van der Waals surface area contributed by atoms with Gasteiger partial charge in [-0.15, -0.1) is 11.6 Å². The highest BCUT2D eigenvalue weighted by Gasteiger charge is 2.30. The van der Waals surface area contributed by atoms with Gasteiger partial charge >= 0.3 is 0 Å². The van der Waals surface area contributed by atoms with Gasteiger partial charge in [0, 0.05) is 25.1 Å². The van der Waals surface area contributed by atoms with E-state index in [0.717, 1.165) is 0 Å². The molecule has 0 radical (unpaired) electrons. The number of carbonyl (C=O) groups is 1. The molecular weight excluding hydrogens is 267 g/mol. The Labute approximate surface area is 107 Å². The van der Waals surface area contributed by atoms with Crippen LogP contribution in [0.3, 0.4) is 0 Å². The van der Waals surface area contributed by atoms with Crippen LogP contribution in [0.4, 0.5) is 11.4 Å². The van der Waals surface area contributed by atoms with Gasteiger partial charge in [0.25, 0.3) is 5.69 Å². The number of anilines is 1. The largest absolute Gasteiger partial charge is 0.309 e. The lowest BCUT2D eigenvalue weighted by Gasteiger charge is -2.16. The quantitative estimate of drug-likeness (QED) is 0.473. The maximum Gasteiger partial charge on any atom is 0.271 e. The minimum atomic E-state index is -0.536. The van der Waals surface area contributed by atoms with E-state index >= 15 is 0 Å². The first-order chi connectivity index (χ1) is 7.99. The number of carbonyl (C=O) groups excluding carboxylic acids is 1. The van der Waals surface area contributed by atoms with Crippen molar-refractivity contribution in [3.8, 4) is 0 Å². The summed E-state index contributed by atoms with van der Waals surface area (Å²) < 4.78 is 0. The molecule has 1 atom stereocenters. The first kappa shape index (κ1) is 12.1. The van der Waals surface area contributed by atoms with Gasteiger partial charge in [0.15, 0.2) is 0 Å². The van der Waals surface area contributed by atoms with Crippen LogP contribution in [0.2, 0.25) is 5.02 Å². The molecule has 0 N–H and O–H groups in total. The van der Waals surface area contributed by atoms with Gasteiger partial charge in [-0.2, -0.15) is 0 Å². The molecule has 1 saturated heterocycles. The van der Waals surface area contributed by atoms with Crippen LogP contribution in [0.15, 0.2) is 18.2 Å². The lowest BCUT2D eigenvalue weighted by atomic mass is 10.2. The Kier molecular flexibility index (Phi) is 3.22. The Bertz CT molecular complexity index is 492. The van der Waals surface area contributed by atoms with Gasteiger partial charge < -0.3 is 4.90 Å². The number of hydrogen-bond acceptors (Lipinski definition) is 3. The molecule has 0 saturated carbocycles. The van der Waals surface area contributed by atoms with Crippen molar-refractivity contribution in [2.75, 3.05) is 11.4 Å². The third-order valence-electron chi connectivity index (χ3n) is 2.51. The van der Waals surface area contributed by atoms with E-state index in [-0.39, 0.29) is 28.4 Å². The summed E-state index contributed by atoms with van der Waals surface area (Å²) >= 11 is 11.8. The number of nitro groups is 1. The SMILES string of the molecule is O=C1CC(Cl)CN1c1ccc([N+](=O)[O-])cc1Cl. The van der Waals surface area contributed by atoms with Crippen molar-refractivity contribution in [1.29, 1.82) is 0 Å². The summed E-state index contributed by atoms with van der Waals surface area (Å²) in [5.41, 5.74) is 0.359. The second-order valence-corrected chi connectivity index (χ2v) is 4.72. The highest BCUT2D eigenvalue weighted by atomic mass is 35.5. The second kappa shape index (κ2) is 4.50. The molecule has 0 aliphatic carbocycles. The Morgan fingerprint density at radius 3 is 2.65 bits per heavy atom. The monoisotopic (exact) mass is 274 g/mol. The van der Waals surface area contributed by atoms with Crippen LogP contribution in [0.25, 0.3) is 0 Å². The highest BCUT2D eigenvalue weighted by Crippen LogP contribution is 2.33. The molecule has 0 bridgehead atoms. The van der Waals surface area contributed by atoms with E-state index in [4.69, 9.17) is 23.2 Å². The van der Waals surface area contributed by atoms with Crippen LogP contribution in [0, 0.1) is 10.1 Å². The molecule has 1 aliphatic heterocycles. The molecule has 17 heavy (non-hydrogen) atoms. The minimum absolute atomic E-state index is 0.104. The number of nitrogens with zero attached hydrogens (tertiary/aromatic N) is 2. The maximum absolute atomic E-state index is 11.6. The summed E-state index contributed by atoms with van der Waals surface area (Å²) in [4.78, 5) is 23.1. The Balaban J connectivity index is 2.34. The molecule has 0 aromatic heterocycles. The first-order valence-electron chi connectivity index (χ1n) is 4.87. The Morgan fingerprint density at radius 1 is 1.47 bits per heavy atom. The van der Waals surface area contributed by atoms with Crippen LogP contribution >= 0.6 is 23.2 Å². The van der Waals surface area contributed by atoms with Gasteiger partial charge in [-0.25, -0.2) is 0 Å². The van der Waals surface area contributed by atoms with Crippen LogP contribution < -0.4 is 4.90 Å². The van der Waals surface area contributed by atoms with E-state index in [0.29, 0.717) is 12.2 Å².